The van der Waals surface area contributed by atoms with Crippen LogP contribution >= 0.6 is 0 Å². The summed E-state index contributed by atoms with van der Waals surface area (Å²) in [5, 5.41) is 13.3. The van der Waals surface area contributed by atoms with E-state index in [1.165, 1.54) is 0 Å². The van der Waals surface area contributed by atoms with E-state index >= 15 is 0 Å². The number of carbonyl (C=O) groups is 3. The van der Waals surface area contributed by atoms with E-state index in [2.05, 4.69) is 10.6 Å². The molecule has 0 aliphatic rings. The van der Waals surface area contributed by atoms with Crippen molar-refractivity contribution in [2.24, 2.45) is 5.73 Å². The van der Waals surface area contributed by atoms with Gasteiger partial charge in [-0.05, 0) is 0 Å². The molecule has 0 saturated heterocycles. The van der Waals surface area contributed by atoms with Crippen molar-refractivity contribution in [3.63, 3.8) is 0 Å². The van der Waals surface area contributed by atoms with Gasteiger partial charge in [0.05, 0.1) is 26.2 Å². The lowest BCUT2D eigenvalue weighted by Crippen LogP contribution is -2.48. The molecule has 0 aromatic rings. The predicted octanol–water partition coefficient (Wildman–Crippen LogP) is -1.72. The van der Waals surface area contributed by atoms with Gasteiger partial charge in [0.15, 0.2) is 0 Å². The number of methoxy groups -OCH3 is 1. The smallest absolute Gasteiger partial charge is 0.326 e. The maximum atomic E-state index is 11.3. The van der Waals surface area contributed by atoms with E-state index in [0.29, 0.717) is 13.2 Å². The van der Waals surface area contributed by atoms with Crippen LogP contribution in [0.15, 0.2) is 0 Å². The molecular formula is C10H19N3O6. The van der Waals surface area contributed by atoms with Gasteiger partial charge in [-0.1, -0.05) is 0 Å². The van der Waals surface area contributed by atoms with Crippen LogP contribution in [0.1, 0.15) is 6.42 Å². The van der Waals surface area contributed by atoms with Gasteiger partial charge in [-0.2, -0.15) is 0 Å². The molecule has 0 heterocycles. The molecule has 1 unspecified atom stereocenters. The Labute approximate surface area is 110 Å². The second-order valence-corrected chi connectivity index (χ2v) is 3.57. The van der Waals surface area contributed by atoms with Gasteiger partial charge in [-0.3, -0.25) is 4.79 Å². The number of hydrogen-bond donors (Lipinski definition) is 4. The van der Waals surface area contributed by atoms with E-state index in [-0.39, 0.29) is 13.2 Å². The first-order valence-corrected chi connectivity index (χ1v) is 5.59. The van der Waals surface area contributed by atoms with Crippen molar-refractivity contribution in [1.29, 1.82) is 0 Å². The number of primary amides is 1. The van der Waals surface area contributed by atoms with Gasteiger partial charge < -0.3 is 30.9 Å². The number of carboxylic acids is 1. The molecule has 0 aliphatic carbocycles. The normalized spacial score (nSPS) is 11.6. The molecule has 0 rings (SSSR count). The fraction of sp³-hybridized carbons (Fsp3) is 0.700. The molecule has 0 fully saturated rings. The van der Waals surface area contributed by atoms with E-state index < -0.39 is 30.4 Å². The number of nitrogens with two attached hydrogens (primary N) is 1. The molecule has 0 radical (unpaired) electrons. The zero-order chi connectivity index (χ0) is 14.7. The van der Waals surface area contributed by atoms with Crippen LogP contribution in [-0.2, 0) is 19.1 Å². The Morgan fingerprint density at radius 1 is 1.26 bits per heavy atom. The summed E-state index contributed by atoms with van der Waals surface area (Å²) in [7, 11) is 1.54. The fourth-order valence-corrected chi connectivity index (χ4v) is 1.09. The monoisotopic (exact) mass is 277 g/mol. The van der Waals surface area contributed by atoms with Crippen molar-refractivity contribution in [2.45, 2.75) is 12.5 Å². The van der Waals surface area contributed by atoms with E-state index in [0.717, 1.165) is 0 Å². The molecule has 19 heavy (non-hydrogen) atoms. The van der Waals surface area contributed by atoms with Crippen LogP contribution in [0.3, 0.4) is 0 Å². The number of amides is 3. The average molecular weight is 277 g/mol. The first-order valence-electron chi connectivity index (χ1n) is 5.59. The van der Waals surface area contributed by atoms with Crippen molar-refractivity contribution >= 4 is 17.9 Å². The lowest BCUT2D eigenvalue weighted by atomic mass is 10.2. The van der Waals surface area contributed by atoms with Crippen LogP contribution in [0.2, 0.25) is 0 Å². The quantitative estimate of drug-likeness (QED) is 0.350. The topological polar surface area (TPSA) is 140 Å². The Morgan fingerprint density at radius 2 is 1.95 bits per heavy atom. The minimum absolute atomic E-state index is 0.207. The highest BCUT2D eigenvalue weighted by Gasteiger charge is 2.21. The second-order valence-electron chi connectivity index (χ2n) is 3.57. The molecule has 0 saturated carbocycles. The average Bonchev–Trinajstić information content (AvgIpc) is 2.32. The number of aliphatic carboxylic acids is 1. The van der Waals surface area contributed by atoms with Crippen LogP contribution in [0.25, 0.3) is 0 Å². The van der Waals surface area contributed by atoms with Crippen molar-refractivity contribution in [2.75, 3.05) is 33.5 Å². The van der Waals surface area contributed by atoms with Crippen molar-refractivity contribution in [1.82, 2.24) is 10.6 Å². The molecule has 3 amide bonds. The largest absolute Gasteiger partial charge is 0.480 e. The maximum absolute atomic E-state index is 11.3. The SMILES string of the molecule is COCCOCCNC(=O)NC(CC(N)=O)C(=O)O. The van der Waals surface area contributed by atoms with E-state index in [1.54, 1.807) is 7.11 Å². The van der Waals surface area contributed by atoms with Gasteiger partial charge in [0.25, 0.3) is 0 Å². The third-order valence-corrected chi connectivity index (χ3v) is 1.97. The molecule has 5 N–H and O–H groups in total. The van der Waals surface area contributed by atoms with Crippen LogP contribution in [0.5, 0.6) is 0 Å². The van der Waals surface area contributed by atoms with Crippen molar-refractivity contribution < 1.29 is 29.0 Å². The Kier molecular flexibility index (Phi) is 9.10. The molecular weight excluding hydrogens is 258 g/mol. The Morgan fingerprint density at radius 3 is 2.47 bits per heavy atom. The molecule has 0 aromatic carbocycles. The molecule has 9 nitrogen and oxygen atoms in total. The van der Waals surface area contributed by atoms with Gasteiger partial charge in [-0.25, -0.2) is 9.59 Å². The number of nitrogens with one attached hydrogen (secondary N) is 2. The highest BCUT2D eigenvalue weighted by atomic mass is 16.5. The third kappa shape index (κ3) is 9.80. The molecule has 0 aromatic heterocycles. The maximum Gasteiger partial charge on any atom is 0.326 e. The van der Waals surface area contributed by atoms with E-state index in [9.17, 15) is 14.4 Å². The Bertz CT molecular complexity index is 310. The number of hydrogen-bond acceptors (Lipinski definition) is 5. The zero-order valence-electron chi connectivity index (χ0n) is 10.7. The first-order chi connectivity index (χ1) is 8.97. The highest BCUT2D eigenvalue weighted by molar-refractivity contribution is 5.87. The summed E-state index contributed by atoms with van der Waals surface area (Å²) in [4.78, 5) is 32.7. The van der Waals surface area contributed by atoms with Crippen LogP contribution < -0.4 is 16.4 Å². The summed E-state index contributed by atoms with van der Waals surface area (Å²) in [5.41, 5.74) is 4.87. The van der Waals surface area contributed by atoms with Gasteiger partial charge in [0, 0.05) is 13.7 Å². The summed E-state index contributed by atoms with van der Waals surface area (Å²) in [6, 6.07) is -2.05. The minimum Gasteiger partial charge on any atom is -0.480 e. The summed E-state index contributed by atoms with van der Waals surface area (Å²) in [5.74, 6) is -2.14. The van der Waals surface area contributed by atoms with Crippen LogP contribution in [0.4, 0.5) is 4.79 Å². The summed E-state index contributed by atoms with van der Waals surface area (Å²) >= 11 is 0. The fourth-order valence-electron chi connectivity index (χ4n) is 1.09. The molecule has 0 spiro atoms. The van der Waals surface area contributed by atoms with Gasteiger partial charge >= 0.3 is 12.0 Å². The summed E-state index contributed by atoms with van der Waals surface area (Å²) in [6.07, 6.45) is -0.465. The number of carbonyl (C=O) groups excluding carboxylic acids is 2. The Hall–Kier alpha value is -1.87. The molecule has 0 bridgehead atoms. The second kappa shape index (κ2) is 10.1. The standard InChI is InChI=1S/C10H19N3O6/c1-18-4-5-19-3-2-12-10(17)13-7(9(15)16)6-8(11)14/h7H,2-6H2,1H3,(H2,11,14)(H,15,16)(H2,12,13,17). The number of ether oxygens (including phenoxy) is 2. The highest BCUT2D eigenvalue weighted by Crippen LogP contribution is 1.91. The minimum atomic E-state index is -1.34. The summed E-state index contributed by atoms with van der Waals surface area (Å²) < 4.78 is 9.84. The molecule has 110 valence electrons. The summed E-state index contributed by atoms with van der Waals surface area (Å²) in [6.45, 7) is 1.33. The van der Waals surface area contributed by atoms with Crippen LogP contribution in [-0.4, -0.2) is 62.5 Å². The van der Waals surface area contributed by atoms with Gasteiger partial charge in [0.2, 0.25) is 5.91 Å². The zero-order valence-corrected chi connectivity index (χ0v) is 10.7. The van der Waals surface area contributed by atoms with Crippen molar-refractivity contribution in [3.8, 4) is 0 Å². The molecule has 0 aliphatic heterocycles. The van der Waals surface area contributed by atoms with E-state index in [1.807, 2.05) is 0 Å². The molecule has 1 atom stereocenters. The van der Waals surface area contributed by atoms with E-state index in [4.69, 9.17) is 20.3 Å². The first kappa shape index (κ1) is 17.1. The van der Waals surface area contributed by atoms with Gasteiger partial charge in [-0.15, -0.1) is 0 Å². The number of rotatable bonds is 10. The lowest BCUT2D eigenvalue weighted by Gasteiger charge is -2.13. The molecule has 9 heteroatoms. The van der Waals surface area contributed by atoms with Crippen molar-refractivity contribution in [3.05, 3.63) is 0 Å². The van der Waals surface area contributed by atoms with Gasteiger partial charge in [0.1, 0.15) is 6.04 Å². The number of urea groups is 1. The number of carboxylic acid groups (broad SMARTS) is 1. The Balaban J connectivity index is 3.81. The lowest BCUT2D eigenvalue weighted by molar-refractivity contribution is -0.140. The van der Waals surface area contributed by atoms with Crippen LogP contribution in [0, 0.1) is 0 Å². The third-order valence-electron chi connectivity index (χ3n) is 1.97. The predicted molar refractivity (Wildman–Crippen MR) is 64.5 cm³/mol.